The minimum Gasteiger partial charge on any atom is -0.325 e. The molecule has 0 atom stereocenters. The third kappa shape index (κ3) is 2.99. The number of nitrogens with one attached hydrogen (secondary N) is 1. The summed E-state index contributed by atoms with van der Waals surface area (Å²) in [6, 6.07) is 4.05. The lowest BCUT2D eigenvalue weighted by atomic mass is 10.2. The highest BCUT2D eigenvalue weighted by Crippen LogP contribution is 2.27. The van der Waals surface area contributed by atoms with E-state index in [9.17, 15) is 23.6 Å². The average molecular weight is 333 g/mol. The van der Waals surface area contributed by atoms with Crippen LogP contribution in [0, 0.1) is 5.82 Å². The molecule has 1 N–H and O–H groups in total. The second-order valence-corrected chi connectivity index (χ2v) is 5.84. The largest absolute Gasteiger partial charge is 0.334 e. The van der Waals surface area contributed by atoms with Crippen molar-refractivity contribution in [1.82, 2.24) is 9.80 Å². The Kier molecular flexibility index (Phi) is 4.28. The van der Waals surface area contributed by atoms with Crippen molar-refractivity contribution in [2.24, 2.45) is 0 Å². The Morgan fingerprint density at radius 1 is 1.08 bits per heavy atom. The lowest BCUT2D eigenvalue weighted by molar-refractivity contribution is -0.144. The summed E-state index contributed by atoms with van der Waals surface area (Å²) in [5, 5.41) is 2.45. The highest BCUT2D eigenvalue weighted by atomic mass is 19.1. The van der Waals surface area contributed by atoms with Gasteiger partial charge < -0.3 is 5.32 Å². The maximum absolute atomic E-state index is 12.8. The van der Waals surface area contributed by atoms with E-state index in [-0.39, 0.29) is 6.04 Å². The zero-order valence-corrected chi connectivity index (χ0v) is 12.8. The first-order valence-corrected chi connectivity index (χ1v) is 7.72. The number of amides is 5. The topological polar surface area (TPSA) is 86.8 Å². The van der Waals surface area contributed by atoms with Crippen molar-refractivity contribution in [3.8, 4) is 0 Å². The minimum atomic E-state index is -0.985. The highest BCUT2D eigenvalue weighted by Gasteiger charge is 2.48. The van der Waals surface area contributed by atoms with Gasteiger partial charge in [0.1, 0.15) is 12.4 Å². The molecule has 1 heterocycles. The molecule has 8 heteroatoms. The SMILES string of the molecule is O=C(CN1C(=O)C(=O)N(C2CCCC2)C1=O)Nc1ccc(F)cc1. The van der Waals surface area contributed by atoms with Crippen molar-refractivity contribution in [3.05, 3.63) is 30.1 Å². The Bertz CT molecular complexity index is 698. The summed E-state index contributed by atoms with van der Waals surface area (Å²) in [6.45, 7) is -0.552. The van der Waals surface area contributed by atoms with Crippen LogP contribution in [0.2, 0.25) is 0 Å². The van der Waals surface area contributed by atoms with Crippen LogP contribution in [-0.2, 0) is 14.4 Å². The maximum atomic E-state index is 12.8. The van der Waals surface area contributed by atoms with E-state index >= 15 is 0 Å². The van der Waals surface area contributed by atoms with Crippen LogP contribution in [0.25, 0.3) is 0 Å². The molecule has 24 heavy (non-hydrogen) atoms. The lowest BCUT2D eigenvalue weighted by Gasteiger charge is -2.20. The van der Waals surface area contributed by atoms with Gasteiger partial charge in [-0.15, -0.1) is 0 Å². The van der Waals surface area contributed by atoms with Crippen molar-refractivity contribution < 1.29 is 23.6 Å². The molecule has 0 aromatic heterocycles. The Balaban J connectivity index is 1.66. The number of urea groups is 1. The molecule has 2 fully saturated rings. The lowest BCUT2D eigenvalue weighted by Crippen LogP contribution is -2.41. The summed E-state index contributed by atoms with van der Waals surface area (Å²) in [6.07, 6.45) is 3.17. The molecule has 1 aromatic carbocycles. The number of carbonyl (C=O) groups is 4. The highest BCUT2D eigenvalue weighted by molar-refractivity contribution is 6.45. The molecule has 3 rings (SSSR count). The molecular weight excluding hydrogens is 317 g/mol. The second kappa shape index (κ2) is 6.38. The zero-order chi connectivity index (χ0) is 17.3. The van der Waals surface area contributed by atoms with Crippen LogP contribution in [0.4, 0.5) is 14.9 Å². The van der Waals surface area contributed by atoms with E-state index in [1.807, 2.05) is 0 Å². The van der Waals surface area contributed by atoms with E-state index in [2.05, 4.69) is 5.32 Å². The standard InChI is InChI=1S/C16H16FN3O4/c17-10-5-7-11(8-6-10)18-13(21)9-19-14(22)15(23)20(16(19)24)12-3-1-2-4-12/h5-8,12H,1-4,9H2,(H,18,21). The van der Waals surface area contributed by atoms with Crippen LogP contribution >= 0.6 is 0 Å². The Morgan fingerprint density at radius 2 is 1.71 bits per heavy atom. The van der Waals surface area contributed by atoms with Gasteiger partial charge >= 0.3 is 17.8 Å². The molecular formula is C16H16FN3O4. The van der Waals surface area contributed by atoms with Crippen molar-refractivity contribution in [2.75, 3.05) is 11.9 Å². The average Bonchev–Trinajstić information content (AvgIpc) is 3.14. The van der Waals surface area contributed by atoms with E-state index in [1.54, 1.807) is 0 Å². The molecule has 2 aliphatic rings. The van der Waals surface area contributed by atoms with Gasteiger partial charge in [0.15, 0.2) is 0 Å². The summed E-state index contributed by atoms with van der Waals surface area (Å²) >= 11 is 0. The molecule has 7 nitrogen and oxygen atoms in total. The monoisotopic (exact) mass is 333 g/mol. The predicted octanol–water partition coefficient (Wildman–Crippen LogP) is 1.50. The fourth-order valence-electron chi connectivity index (χ4n) is 3.02. The van der Waals surface area contributed by atoms with Crippen LogP contribution in [0.5, 0.6) is 0 Å². The number of rotatable bonds is 4. The molecule has 1 saturated heterocycles. The van der Waals surface area contributed by atoms with Gasteiger partial charge in [0, 0.05) is 11.7 Å². The number of benzene rings is 1. The number of nitrogens with zero attached hydrogens (tertiary/aromatic N) is 2. The first-order valence-electron chi connectivity index (χ1n) is 7.72. The summed E-state index contributed by atoms with van der Waals surface area (Å²) in [5.74, 6) is -2.94. The summed E-state index contributed by atoms with van der Waals surface area (Å²) in [5.41, 5.74) is 0.333. The predicted molar refractivity (Wildman–Crippen MR) is 81.2 cm³/mol. The van der Waals surface area contributed by atoms with Crippen LogP contribution in [-0.4, -0.2) is 46.1 Å². The Hall–Kier alpha value is -2.77. The second-order valence-electron chi connectivity index (χ2n) is 5.84. The summed E-state index contributed by atoms with van der Waals surface area (Å²) in [7, 11) is 0. The first kappa shape index (κ1) is 16.1. The van der Waals surface area contributed by atoms with Crippen molar-refractivity contribution in [1.29, 1.82) is 0 Å². The number of hydrogen-bond donors (Lipinski definition) is 1. The van der Waals surface area contributed by atoms with Gasteiger partial charge in [0.25, 0.3) is 0 Å². The van der Waals surface area contributed by atoms with Gasteiger partial charge in [0.2, 0.25) is 5.91 Å². The van der Waals surface area contributed by atoms with Crippen molar-refractivity contribution in [3.63, 3.8) is 0 Å². The van der Waals surface area contributed by atoms with Gasteiger partial charge in [-0.25, -0.2) is 14.1 Å². The zero-order valence-electron chi connectivity index (χ0n) is 12.8. The smallest absolute Gasteiger partial charge is 0.325 e. The van der Waals surface area contributed by atoms with Crippen LogP contribution < -0.4 is 5.32 Å². The quantitative estimate of drug-likeness (QED) is 0.668. The van der Waals surface area contributed by atoms with E-state index < -0.39 is 36.1 Å². The molecule has 1 aliphatic heterocycles. The molecule has 0 spiro atoms. The third-order valence-corrected chi connectivity index (χ3v) is 4.20. The van der Waals surface area contributed by atoms with Crippen LogP contribution in [0.15, 0.2) is 24.3 Å². The molecule has 5 amide bonds. The Morgan fingerprint density at radius 3 is 2.33 bits per heavy atom. The molecule has 126 valence electrons. The number of anilines is 1. The van der Waals surface area contributed by atoms with E-state index in [0.29, 0.717) is 23.4 Å². The molecule has 1 aliphatic carbocycles. The molecule has 1 aromatic rings. The van der Waals surface area contributed by atoms with Gasteiger partial charge in [-0.05, 0) is 37.1 Å². The van der Waals surface area contributed by atoms with E-state index in [4.69, 9.17) is 0 Å². The maximum Gasteiger partial charge on any atom is 0.334 e. The molecule has 1 saturated carbocycles. The molecule has 0 bridgehead atoms. The fourth-order valence-corrected chi connectivity index (χ4v) is 3.02. The van der Waals surface area contributed by atoms with Gasteiger partial charge in [-0.3, -0.25) is 19.3 Å². The molecule has 0 unspecified atom stereocenters. The number of halogens is 1. The van der Waals surface area contributed by atoms with Crippen molar-refractivity contribution in [2.45, 2.75) is 31.7 Å². The van der Waals surface area contributed by atoms with Crippen molar-refractivity contribution >= 4 is 29.4 Å². The summed E-state index contributed by atoms with van der Waals surface area (Å²) in [4.78, 5) is 50.0. The normalized spacial score (nSPS) is 18.6. The van der Waals surface area contributed by atoms with Gasteiger partial charge in [0.05, 0.1) is 0 Å². The Labute approximate surface area is 137 Å². The van der Waals surface area contributed by atoms with Gasteiger partial charge in [-0.2, -0.15) is 0 Å². The first-order chi connectivity index (χ1) is 11.5. The van der Waals surface area contributed by atoms with Gasteiger partial charge in [-0.1, -0.05) is 12.8 Å². The van der Waals surface area contributed by atoms with E-state index in [1.165, 1.54) is 24.3 Å². The summed E-state index contributed by atoms with van der Waals surface area (Å²) < 4.78 is 12.8. The number of carbonyl (C=O) groups excluding carboxylic acids is 4. The third-order valence-electron chi connectivity index (χ3n) is 4.20. The minimum absolute atomic E-state index is 0.265. The van der Waals surface area contributed by atoms with Crippen LogP contribution in [0.1, 0.15) is 25.7 Å². The van der Waals surface area contributed by atoms with Crippen LogP contribution in [0.3, 0.4) is 0 Å². The van der Waals surface area contributed by atoms with E-state index in [0.717, 1.165) is 17.7 Å². The fraction of sp³-hybridized carbons (Fsp3) is 0.375. The number of imide groups is 2. The molecule has 0 radical (unpaired) electrons. The number of hydrogen-bond acceptors (Lipinski definition) is 4.